The number of rotatable bonds is 4. The van der Waals surface area contributed by atoms with E-state index >= 15 is 0 Å². The first-order valence-electron chi connectivity index (χ1n) is 9.13. The molecule has 0 atom stereocenters. The molecule has 0 aliphatic rings. The van der Waals surface area contributed by atoms with Crippen molar-refractivity contribution in [2.24, 2.45) is 0 Å². The molecule has 0 unspecified atom stereocenters. The van der Waals surface area contributed by atoms with Crippen molar-refractivity contribution in [1.29, 1.82) is 0 Å². The number of carbonyl (C=O) groups is 1. The molecule has 0 aliphatic heterocycles. The molecule has 3 aromatic heterocycles. The average molecular weight is 375 g/mol. The Balaban J connectivity index is 1.88. The molecule has 1 N–H and O–H groups in total. The van der Waals surface area contributed by atoms with Gasteiger partial charge in [0.05, 0.1) is 22.8 Å². The highest BCUT2D eigenvalue weighted by atomic mass is 16.5. The third-order valence-corrected chi connectivity index (χ3v) is 4.64. The predicted octanol–water partition coefficient (Wildman–Crippen LogP) is 4.54. The Hall–Kier alpha value is -3.48. The summed E-state index contributed by atoms with van der Waals surface area (Å²) in [6.07, 6.45) is 1.69. The van der Waals surface area contributed by atoms with E-state index in [-0.39, 0.29) is 11.9 Å². The van der Waals surface area contributed by atoms with Crippen LogP contribution in [0.1, 0.15) is 41.7 Å². The van der Waals surface area contributed by atoms with Gasteiger partial charge in [-0.25, -0.2) is 9.67 Å². The van der Waals surface area contributed by atoms with E-state index in [1.165, 1.54) is 0 Å². The van der Waals surface area contributed by atoms with Gasteiger partial charge in [0.2, 0.25) is 0 Å². The van der Waals surface area contributed by atoms with Gasteiger partial charge in [-0.3, -0.25) is 4.79 Å². The lowest BCUT2D eigenvalue weighted by atomic mass is 10.1. The lowest BCUT2D eigenvalue weighted by Gasteiger charge is -2.11. The van der Waals surface area contributed by atoms with E-state index < -0.39 is 0 Å². The Kier molecular flexibility index (Phi) is 4.43. The fourth-order valence-corrected chi connectivity index (χ4v) is 3.18. The molecule has 0 saturated heterocycles. The Morgan fingerprint density at radius 3 is 2.57 bits per heavy atom. The molecular weight excluding hydrogens is 354 g/mol. The van der Waals surface area contributed by atoms with Gasteiger partial charge in [0, 0.05) is 11.6 Å². The first kappa shape index (κ1) is 17.9. The highest BCUT2D eigenvalue weighted by Crippen LogP contribution is 2.28. The van der Waals surface area contributed by atoms with Gasteiger partial charge >= 0.3 is 0 Å². The Bertz CT molecular complexity index is 1140. The number of aromatic nitrogens is 4. The predicted molar refractivity (Wildman–Crippen MR) is 107 cm³/mol. The van der Waals surface area contributed by atoms with Crippen molar-refractivity contribution in [1.82, 2.24) is 19.9 Å². The van der Waals surface area contributed by atoms with Crippen LogP contribution in [-0.4, -0.2) is 25.8 Å². The van der Waals surface area contributed by atoms with E-state index in [1.807, 2.05) is 48.9 Å². The summed E-state index contributed by atoms with van der Waals surface area (Å²) in [6.45, 7) is 7.63. The number of amides is 1. The highest BCUT2D eigenvalue weighted by molar-refractivity contribution is 6.13. The maximum Gasteiger partial charge on any atom is 0.256 e. The first-order chi connectivity index (χ1) is 13.5. The minimum absolute atomic E-state index is 0.120. The number of anilines is 1. The van der Waals surface area contributed by atoms with E-state index in [1.54, 1.807) is 26.1 Å². The molecule has 28 heavy (non-hydrogen) atoms. The Labute approximate surface area is 162 Å². The quantitative estimate of drug-likeness (QED) is 0.566. The normalized spacial score (nSPS) is 11.3. The number of carbonyl (C=O) groups excluding carboxylic acids is 1. The minimum atomic E-state index is -0.248. The number of benzene rings is 1. The van der Waals surface area contributed by atoms with Gasteiger partial charge in [-0.15, -0.1) is 0 Å². The summed E-state index contributed by atoms with van der Waals surface area (Å²) in [5, 5.41) is 12.0. The zero-order valence-electron chi connectivity index (χ0n) is 16.2. The summed E-state index contributed by atoms with van der Waals surface area (Å²) in [5.41, 5.74) is 4.08. The van der Waals surface area contributed by atoms with Crippen LogP contribution < -0.4 is 5.32 Å². The maximum atomic E-state index is 13.1. The molecule has 1 aromatic carbocycles. The van der Waals surface area contributed by atoms with Crippen LogP contribution in [0.2, 0.25) is 0 Å². The van der Waals surface area contributed by atoms with Crippen molar-refractivity contribution in [3.8, 4) is 11.3 Å². The molecule has 0 saturated carbocycles. The van der Waals surface area contributed by atoms with Crippen LogP contribution in [0.15, 0.2) is 47.1 Å². The molecule has 4 aromatic rings. The van der Waals surface area contributed by atoms with Crippen molar-refractivity contribution in [2.45, 2.75) is 33.7 Å². The number of nitrogens with one attached hydrogen (secondary N) is 1. The van der Waals surface area contributed by atoms with E-state index in [0.717, 1.165) is 11.3 Å². The highest BCUT2D eigenvalue weighted by Gasteiger charge is 2.20. The largest absolute Gasteiger partial charge is 0.359 e. The third kappa shape index (κ3) is 3.05. The maximum absolute atomic E-state index is 13.1. The third-order valence-electron chi connectivity index (χ3n) is 4.64. The Morgan fingerprint density at radius 2 is 1.93 bits per heavy atom. The monoisotopic (exact) mass is 375 g/mol. The summed E-state index contributed by atoms with van der Waals surface area (Å²) in [7, 11) is 0. The number of hydrogen-bond donors (Lipinski definition) is 1. The van der Waals surface area contributed by atoms with Gasteiger partial charge in [0.1, 0.15) is 11.4 Å². The van der Waals surface area contributed by atoms with Gasteiger partial charge < -0.3 is 9.84 Å². The number of pyridine rings is 1. The minimum Gasteiger partial charge on any atom is -0.359 e. The van der Waals surface area contributed by atoms with Crippen molar-refractivity contribution < 1.29 is 9.32 Å². The van der Waals surface area contributed by atoms with Crippen LogP contribution in [0.25, 0.3) is 22.3 Å². The van der Waals surface area contributed by atoms with Crippen molar-refractivity contribution in [3.63, 3.8) is 0 Å². The lowest BCUT2D eigenvalue weighted by molar-refractivity contribution is 0.102. The van der Waals surface area contributed by atoms with Crippen LogP contribution >= 0.6 is 0 Å². The smallest absolute Gasteiger partial charge is 0.256 e. The van der Waals surface area contributed by atoms with E-state index in [2.05, 4.69) is 15.6 Å². The first-order valence-corrected chi connectivity index (χ1v) is 9.13. The van der Waals surface area contributed by atoms with E-state index in [0.29, 0.717) is 33.7 Å². The van der Waals surface area contributed by atoms with E-state index in [9.17, 15) is 4.79 Å². The molecule has 7 nitrogen and oxygen atoms in total. The molecule has 3 heterocycles. The standard InChI is InChI=1S/C21H21N5O2/c1-12(2)26-20-17(11-22-26)16(10-18(23-20)15-8-6-5-7-9-15)21(27)24-19-13(3)25-28-14(19)4/h5-12H,1-4H3,(H,24,27). The van der Waals surface area contributed by atoms with Crippen LogP contribution in [0.5, 0.6) is 0 Å². The van der Waals surface area contributed by atoms with Gasteiger partial charge in [-0.2, -0.15) is 5.10 Å². The number of hydrogen-bond acceptors (Lipinski definition) is 5. The molecule has 0 bridgehead atoms. The molecule has 142 valence electrons. The summed E-state index contributed by atoms with van der Waals surface area (Å²) in [4.78, 5) is 17.9. The lowest BCUT2D eigenvalue weighted by Crippen LogP contribution is -2.14. The number of fused-ring (bicyclic) bond motifs is 1. The van der Waals surface area contributed by atoms with Crippen LogP contribution in [-0.2, 0) is 0 Å². The molecular formula is C21H21N5O2. The van der Waals surface area contributed by atoms with Gasteiger partial charge in [0.15, 0.2) is 11.4 Å². The van der Waals surface area contributed by atoms with Gasteiger partial charge in [-0.05, 0) is 33.8 Å². The molecule has 0 aliphatic carbocycles. The molecule has 0 fully saturated rings. The SMILES string of the molecule is Cc1noc(C)c1NC(=O)c1cc(-c2ccccc2)nc2c1cnn2C(C)C. The molecule has 0 radical (unpaired) electrons. The Morgan fingerprint density at radius 1 is 1.18 bits per heavy atom. The van der Waals surface area contributed by atoms with Crippen LogP contribution in [0, 0.1) is 13.8 Å². The topological polar surface area (TPSA) is 85.8 Å². The fourth-order valence-electron chi connectivity index (χ4n) is 3.18. The molecule has 1 amide bonds. The average Bonchev–Trinajstić information content (AvgIpc) is 3.26. The van der Waals surface area contributed by atoms with E-state index in [4.69, 9.17) is 9.51 Å². The number of aryl methyl sites for hydroxylation is 2. The second-order valence-corrected chi connectivity index (χ2v) is 6.99. The zero-order valence-corrected chi connectivity index (χ0v) is 16.2. The second-order valence-electron chi connectivity index (χ2n) is 6.99. The summed E-state index contributed by atoms with van der Waals surface area (Å²) >= 11 is 0. The summed E-state index contributed by atoms with van der Waals surface area (Å²) in [5.74, 6) is 0.319. The van der Waals surface area contributed by atoms with Crippen LogP contribution in [0.3, 0.4) is 0 Å². The molecule has 0 spiro atoms. The molecule has 7 heteroatoms. The van der Waals surface area contributed by atoms with Crippen molar-refractivity contribution in [3.05, 3.63) is 59.6 Å². The number of nitrogens with zero attached hydrogens (tertiary/aromatic N) is 4. The van der Waals surface area contributed by atoms with Crippen molar-refractivity contribution >= 4 is 22.6 Å². The van der Waals surface area contributed by atoms with Crippen molar-refractivity contribution in [2.75, 3.05) is 5.32 Å². The molecule has 4 rings (SSSR count). The second kappa shape index (κ2) is 6.92. The van der Waals surface area contributed by atoms with Gasteiger partial charge in [0.25, 0.3) is 5.91 Å². The van der Waals surface area contributed by atoms with Gasteiger partial charge in [-0.1, -0.05) is 35.5 Å². The summed E-state index contributed by atoms with van der Waals surface area (Å²) < 4.78 is 6.98. The summed E-state index contributed by atoms with van der Waals surface area (Å²) in [6, 6.07) is 11.7. The zero-order chi connectivity index (χ0) is 19.8. The fraction of sp³-hybridized carbons (Fsp3) is 0.238. The van der Waals surface area contributed by atoms with Crippen LogP contribution in [0.4, 0.5) is 5.69 Å².